The smallest absolute Gasteiger partial charge is 0.119 e. The Morgan fingerprint density at radius 1 is 1.21 bits per heavy atom. The van der Waals surface area contributed by atoms with E-state index in [1.165, 1.54) is 12.8 Å². The minimum Gasteiger partial charge on any atom is -0.490 e. The molecule has 0 aliphatic heterocycles. The quantitative estimate of drug-likeness (QED) is 0.781. The molecular weight excluding hydrogens is 238 g/mol. The predicted octanol–water partition coefficient (Wildman–Crippen LogP) is 3.43. The van der Waals surface area contributed by atoms with Gasteiger partial charge in [0.15, 0.2) is 0 Å². The first-order valence-corrected chi connectivity index (χ1v) is 7.38. The molecule has 2 rings (SSSR count). The number of ether oxygens (including phenoxy) is 2. The summed E-state index contributed by atoms with van der Waals surface area (Å²) in [5.74, 6) is 0.946. The van der Waals surface area contributed by atoms with E-state index in [9.17, 15) is 0 Å². The Kier molecular flexibility index (Phi) is 5.23. The molecule has 106 valence electrons. The van der Waals surface area contributed by atoms with Crippen LogP contribution < -0.4 is 10.5 Å². The molecule has 2 unspecified atom stereocenters. The predicted molar refractivity (Wildman–Crippen MR) is 77.3 cm³/mol. The maximum atomic E-state index is 6.31. The average Bonchev–Trinajstić information content (AvgIpc) is 3.23. The molecule has 1 aromatic carbocycles. The molecule has 0 radical (unpaired) electrons. The topological polar surface area (TPSA) is 44.5 Å². The van der Waals surface area contributed by atoms with Crippen molar-refractivity contribution in [1.82, 2.24) is 0 Å². The van der Waals surface area contributed by atoms with E-state index in [0.717, 1.165) is 24.2 Å². The maximum Gasteiger partial charge on any atom is 0.119 e. The standard InChI is InChI=1S/C16H25NO2/c1-3-5-15(18-4-2)16(17)12-6-8-13(9-7-12)19-14-10-11-14/h6-9,14-16H,3-5,10-11,17H2,1-2H3. The summed E-state index contributed by atoms with van der Waals surface area (Å²) in [6.07, 6.45) is 4.99. The summed E-state index contributed by atoms with van der Waals surface area (Å²) in [5, 5.41) is 0. The molecule has 0 saturated heterocycles. The van der Waals surface area contributed by atoms with Crippen molar-refractivity contribution in [3.05, 3.63) is 29.8 Å². The summed E-state index contributed by atoms with van der Waals surface area (Å²) in [6, 6.07) is 8.09. The normalized spacial score (nSPS) is 18.1. The van der Waals surface area contributed by atoms with Crippen LogP contribution >= 0.6 is 0 Å². The Labute approximate surface area is 116 Å². The third-order valence-electron chi connectivity index (χ3n) is 3.45. The zero-order valence-electron chi connectivity index (χ0n) is 12.0. The van der Waals surface area contributed by atoms with Crippen molar-refractivity contribution < 1.29 is 9.47 Å². The van der Waals surface area contributed by atoms with Gasteiger partial charge in [-0.1, -0.05) is 25.5 Å². The zero-order valence-corrected chi connectivity index (χ0v) is 12.0. The van der Waals surface area contributed by atoms with E-state index in [1.54, 1.807) is 0 Å². The zero-order chi connectivity index (χ0) is 13.7. The Hall–Kier alpha value is -1.06. The van der Waals surface area contributed by atoms with Gasteiger partial charge in [-0.25, -0.2) is 0 Å². The van der Waals surface area contributed by atoms with Crippen LogP contribution in [0.4, 0.5) is 0 Å². The first kappa shape index (κ1) is 14.4. The Balaban J connectivity index is 1.97. The van der Waals surface area contributed by atoms with Crippen molar-refractivity contribution >= 4 is 0 Å². The lowest BCUT2D eigenvalue weighted by molar-refractivity contribution is 0.0374. The van der Waals surface area contributed by atoms with Gasteiger partial charge in [-0.05, 0) is 43.9 Å². The molecule has 2 atom stereocenters. The van der Waals surface area contributed by atoms with Gasteiger partial charge in [0.05, 0.1) is 18.2 Å². The molecule has 1 aliphatic carbocycles. The lowest BCUT2D eigenvalue weighted by atomic mass is 9.99. The molecule has 0 spiro atoms. The van der Waals surface area contributed by atoms with Crippen LogP contribution in [0.25, 0.3) is 0 Å². The third kappa shape index (κ3) is 4.22. The fourth-order valence-electron chi connectivity index (χ4n) is 2.23. The summed E-state index contributed by atoms with van der Waals surface area (Å²) >= 11 is 0. The van der Waals surface area contributed by atoms with Crippen molar-refractivity contribution in [3.63, 3.8) is 0 Å². The SMILES string of the molecule is CCCC(OCC)C(N)c1ccc(OC2CC2)cc1. The van der Waals surface area contributed by atoms with Crippen LogP contribution in [-0.2, 0) is 4.74 Å². The van der Waals surface area contributed by atoms with Crippen molar-refractivity contribution in [2.24, 2.45) is 5.73 Å². The molecule has 1 fully saturated rings. The van der Waals surface area contributed by atoms with E-state index in [2.05, 4.69) is 19.1 Å². The molecule has 0 amide bonds. The number of rotatable bonds is 8. The van der Waals surface area contributed by atoms with Crippen molar-refractivity contribution in [3.8, 4) is 5.75 Å². The summed E-state index contributed by atoms with van der Waals surface area (Å²) in [5.41, 5.74) is 7.43. The van der Waals surface area contributed by atoms with Gasteiger partial charge < -0.3 is 15.2 Å². The molecule has 3 nitrogen and oxygen atoms in total. The Morgan fingerprint density at radius 2 is 1.89 bits per heavy atom. The minimum atomic E-state index is -0.0603. The van der Waals surface area contributed by atoms with Gasteiger partial charge in [0.1, 0.15) is 5.75 Å². The van der Waals surface area contributed by atoms with E-state index in [-0.39, 0.29) is 12.1 Å². The molecule has 1 aliphatic rings. The highest BCUT2D eigenvalue weighted by molar-refractivity contribution is 5.30. The first-order valence-electron chi connectivity index (χ1n) is 7.38. The van der Waals surface area contributed by atoms with Gasteiger partial charge >= 0.3 is 0 Å². The second-order valence-corrected chi connectivity index (χ2v) is 5.19. The third-order valence-corrected chi connectivity index (χ3v) is 3.45. The summed E-state index contributed by atoms with van der Waals surface area (Å²) in [4.78, 5) is 0. The Morgan fingerprint density at radius 3 is 2.42 bits per heavy atom. The Bertz CT molecular complexity index is 367. The van der Waals surface area contributed by atoms with Crippen LogP contribution in [0, 0.1) is 0 Å². The highest BCUT2D eigenvalue weighted by atomic mass is 16.5. The monoisotopic (exact) mass is 263 g/mol. The van der Waals surface area contributed by atoms with E-state index in [1.807, 2.05) is 19.1 Å². The average molecular weight is 263 g/mol. The van der Waals surface area contributed by atoms with Gasteiger partial charge in [0.25, 0.3) is 0 Å². The van der Waals surface area contributed by atoms with Crippen LogP contribution in [0.2, 0.25) is 0 Å². The van der Waals surface area contributed by atoms with Gasteiger partial charge in [-0.2, -0.15) is 0 Å². The highest BCUT2D eigenvalue weighted by Crippen LogP contribution is 2.28. The first-order chi connectivity index (χ1) is 9.24. The number of benzene rings is 1. The number of hydrogen-bond donors (Lipinski definition) is 1. The van der Waals surface area contributed by atoms with Crippen LogP contribution in [0.1, 0.15) is 51.1 Å². The number of hydrogen-bond acceptors (Lipinski definition) is 3. The minimum absolute atomic E-state index is 0.0603. The van der Waals surface area contributed by atoms with E-state index < -0.39 is 0 Å². The number of nitrogens with two attached hydrogens (primary N) is 1. The fourth-order valence-corrected chi connectivity index (χ4v) is 2.23. The molecular formula is C16H25NO2. The van der Waals surface area contributed by atoms with E-state index in [4.69, 9.17) is 15.2 Å². The van der Waals surface area contributed by atoms with Gasteiger partial charge in [0, 0.05) is 6.61 Å². The van der Waals surface area contributed by atoms with Gasteiger partial charge in [-0.3, -0.25) is 0 Å². The van der Waals surface area contributed by atoms with Crippen molar-refractivity contribution in [1.29, 1.82) is 0 Å². The van der Waals surface area contributed by atoms with Gasteiger partial charge in [0.2, 0.25) is 0 Å². The second kappa shape index (κ2) is 6.92. The van der Waals surface area contributed by atoms with E-state index in [0.29, 0.717) is 12.7 Å². The summed E-state index contributed by atoms with van der Waals surface area (Å²) in [7, 11) is 0. The highest BCUT2D eigenvalue weighted by Gasteiger charge is 2.24. The molecule has 1 saturated carbocycles. The molecule has 3 heteroatoms. The molecule has 0 heterocycles. The summed E-state index contributed by atoms with van der Waals surface area (Å²) in [6.45, 7) is 4.88. The van der Waals surface area contributed by atoms with E-state index >= 15 is 0 Å². The summed E-state index contributed by atoms with van der Waals surface area (Å²) < 4.78 is 11.5. The molecule has 1 aromatic rings. The van der Waals surface area contributed by atoms with Crippen LogP contribution in [0.5, 0.6) is 5.75 Å². The molecule has 19 heavy (non-hydrogen) atoms. The molecule has 0 aromatic heterocycles. The lowest BCUT2D eigenvalue weighted by Gasteiger charge is -2.24. The van der Waals surface area contributed by atoms with Crippen LogP contribution in [0.3, 0.4) is 0 Å². The van der Waals surface area contributed by atoms with Crippen molar-refractivity contribution in [2.45, 2.75) is 57.8 Å². The fraction of sp³-hybridized carbons (Fsp3) is 0.625. The van der Waals surface area contributed by atoms with Crippen LogP contribution in [-0.4, -0.2) is 18.8 Å². The maximum absolute atomic E-state index is 6.31. The lowest BCUT2D eigenvalue weighted by Crippen LogP contribution is -2.29. The van der Waals surface area contributed by atoms with Crippen LogP contribution in [0.15, 0.2) is 24.3 Å². The molecule has 0 bridgehead atoms. The second-order valence-electron chi connectivity index (χ2n) is 5.19. The van der Waals surface area contributed by atoms with Gasteiger partial charge in [-0.15, -0.1) is 0 Å². The van der Waals surface area contributed by atoms with Crippen molar-refractivity contribution in [2.75, 3.05) is 6.61 Å². The largest absolute Gasteiger partial charge is 0.490 e. The molecule has 2 N–H and O–H groups in total.